The fourth-order valence-electron chi connectivity index (χ4n) is 0.616. The molecule has 0 aliphatic carbocycles. The van der Waals surface area contributed by atoms with Crippen LogP contribution in [-0.2, 0) is 9.47 Å². The zero-order valence-electron chi connectivity index (χ0n) is 4.86. The van der Waals surface area contributed by atoms with Crippen molar-refractivity contribution in [3.05, 3.63) is 10.4 Å². The fraction of sp³-hybridized carbons (Fsp3) is 1.00. The van der Waals surface area contributed by atoms with Crippen molar-refractivity contribution in [2.75, 3.05) is 19.8 Å². The minimum atomic E-state index is -0.305. The molecule has 0 atom stereocenters. The highest BCUT2D eigenvalue weighted by Gasteiger charge is 2.13. The normalized spacial score (nSPS) is 19.6. The largest absolute Gasteiger partial charge is 0.350 e. The highest BCUT2D eigenvalue weighted by Crippen LogP contribution is 2.02. The molecule has 9 heavy (non-hydrogen) atoms. The second-order valence-electron chi connectivity index (χ2n) is 1.58. The van der Waals surface area contributed by atoms with Gasteiger partial charge in [-0.05, 0) is 5.53 Å². The Kier molecular flexibility index (Phi) is 2.32. The minimum absolute atomic E-state index is 0.274. The van der Waals surface area contributed by atoms with E-state index in [0.29, 0.717) is 13.2 Å². The number of hydrogen-bond acceptors (Lipinski definition) is 3. The number of rotatable bonds is 2. The zero-order chi connectivity index (χ0) is 6.53. The summed E-state index contributed by atoms with van der Waals surface area (Å²) in [7, 11) is 0. The van der Waals surface area contributed by atoms with Gasteiger partial charge in [-0.15, -0.1) is 0 Å². The maximum Gasteiger partial charge on any atom is 0.163 e. The summed E-state index contributed by atoms with van der Waals surface area (Å²) in [5.74, 6) is 0. The van der Waals surface area contributed by atoms with E-state index in [2.05, 4.69) is 10.0 Å². The van der Waals surface area contributed by atoms with E-state index >= 15 is 0 Å². The third-order valence-corrected chi connectivity index (χ3v) is 0.985. The summed E-state index contributed by atoms with van der Waals surface area (Å²) in [5, 5.41) is 3.28. The summed E-state index contributed by atoms with van der Waals surface area (Å²) < 4.78 is 9.94. The predicted octanol–water partition coefficient (Wildman–Crippen LogP) is 0.670. The average molecular weight is 129 g/mol. The van der Waals surface area contributed by atoms with Crippen LogP contribution >= 0.6 is 0 Å². The van der Waals surface area contributed by atoms with Crippen molar-refractivity contribution in [2.45, 2.75) is 6.29 Å². The van der Waals surface area contributed by atoms with Crippen LogP contribution in [0.1, 0.15) is 0 Å². The van der Waals surface area contributed by atoms with Gasteiger partial charge in [-0.25, -0.2) is 0 Å². The number of ether oxygens (including phenoxy) is 2. The lowest BCUT2D eigenvalue weighted by molar-refractivity contribution is -0.0329. The third kappa shape index (κ3) is 1.89. The molecule has 1 aliphatic heterocycles. The summed E-state index contributed by atoms with van der Waals surface area (Å²) >= 11 is 0. The molecule has 5 heteroatoms. The highest BCUT2D eigenvalue weighted by atomic mass is 16.7. The topological polar surface area (TPSA) is 67.2 Å². The van der Waals surface area contributed by atoms with Crippen LogP contribution in [0.15, 0.2) is 5.11 Å². The monoisotopic (exact) mass is 129 g/mol. The van der Waals surface area contributed by atoms with Gasteiger partial charge < -0.3 is 9.47 Å². The van der Waals surface area contributed by atoms with Crippen molar-refractivity contribution < 1.29 is 9.47 Å². The molecule has 1 fully saturated rings. The summed E-state index contributed by atoms with van der Waals surface area (Å²) in [6.07, 6.45) is -0.305. The summed E-state index contributed by atoms with van der Waals surface area (Å²) in [6.45, 7) is 1.48. The van der Waals surface area contributed by atoms with E-state index in [1.165, 1.54) is 0 Å². The fourth-order valence-corrected chi connectivity index (χ4v) is 0.616. The summed E-state index contributed by atoms with van der Waals surface area (Å²) in [4.78, 5) is 2.56. The second-order valence-corrected chi connectivity index (χ2v) is 1.58. The first kappa shape index (κ1) is 6.35. The van der Waals surface area contributed by atoms with Gasteiger partial charge >= 0.3 is 0 Å². The van der Waals surface area contributed by atoms with E-state index in [1.807, 2.05) is 0 Å². The van der Waals surface area contributed by atoms with Gasteiger partial charge in [0.15, 0.2) is 6.29 Å². The van der Waals surface area contributed by atoms with E-state index in [1.54, 1.807) is 0 Å². The molecule has 0 saturated carbocycles. The maximum absolute atomic E-state index is 7.87. The van der Waals surface area contributed by atoms with Crippen molar-refractivity contribution in [1.82, 2.24) is 0 Å². The van der Waals surface area contributed by atoms with Gasteiger partial charge in [-0.3, -0.25) is 0 Å². The van der Waals surface area contributed by atoms with Crippen molar-refractivity contribution in [3.8, 4) is 0 Å². The van der Waals surface area contributed by atoms with Gasteiger partial charge in [-0.2, -0.15) is 0 Å². The number of nitrogens with zero attached hydrogens (tertiary/aromatic N) is 3. The molecular formula is C4H7N3O2. The Balaban J connectivity index is 2.18. The van der Waals surface area contributed by atoms with Crippen LogP contribution < -0.4 is 0 Å². The highest BCUT2D eigenvalue weighted by molar-refractivity contribution is 4.55. The molecule has 0 aromatic rings. The lowest BCUT2D eigenvalue weighted by atomic mass is 10.7. The third-order valence-electron chi connectivity index (χ3n) is 0.985. The van der Waals surface area contributed by atoms with Crippen LogP contribution in [0.25, 0.3) is 10.4 Å². The Hall–Kier alpha value is -0.770. The first-order valence-corrected chi connectivity index (χ1v) is 2.67. The van der Waals surface area contributed by atoms with Crippen molar-refractivity contribution in [3.63, 3.8) is 0 Å². The van der Waals surface area contributed by atoms with E-state index in [-0.39, 0.29) is 12.8 Å². The standard InChI is InChI=1S/C4H7N3O2/c5-7-6-3-4-8-1-2-9-4/h4H,1-3H2. The number of azide groups is 1. The number of hydrogen-bond donors (Lipinski definition) is 0. The van der Waals surface area contributed by atoms with Gasteiger partial charge in [0, 0.05) is 4.91 Å². The minimum Gasteiger partial charge on any atom is -0.350 e. The molecule has 0 spiro atoms. The molecule has 1 saturated heterocycles. The predicted molar refractivity (Wildman–Crippen MR) is 29.7 cm³/mol. The van der Waals surface area contributed by atoms with Crippen molar-refractivity contribution in [1.29, 1.82) is 0 Å². The first-order chi connectivity index (χ1) is 4.43. The summed E-state index contributed by atoms with van der Waals surface area (Å²) in [6, 6.07) is 0. The van der Waals surface area contributed by atoms with Crippen LogP contribution in [-0.4, -0.2) is 26.0 Å². The quantitative estimate of drug-likeness (QED) is 0.312. The molecular weight excluding hydrogens is 122 g/mol. The molecule has 50 valence electrons. The SMILES string of the molecule is [N-]=[N+]=NCC1OCCO1. The van der Waals surface area contributed by atoms with Crippen LogP contribution in [0.3, 0.4) is 0 Å². The lowest BCUT2D eigenvalue weighted by Crippen LogP contribution is -2.10. The van der Waals surface area contributed by atoms with E-state index in [4.69, 9.17) is 15.0 Å². The van der Waals surface area contributed by atoms with Gasteiger partial charge in [0.25, 0.3) is 0 Å². The Morgan fingerprint density at radius 3 is 2.78 bits per heavy atom. The molecule has 0 aromatic carbocycles. The molecule has 0 unspecified atom stereocenters. The molecule has 1 rings (SSSR count). The van der Waals surface area contributed by atoms with Gasteiger partial charge in [0.2, 0.25) is 0 Å². The lowest BCUT2D eigenvalue weighted by Gasteiger charge is -2.01. The van der Waals surface area contributed by atoms with Crippen LogP contribution in [0.5, 0.6) is 0 Å². The molecule has 0 bridgehead atoms. The van der Waals surface area contributed by atoms with Crippen LogP contribution in [0.2, 0.25) is 0 Å². The molecule has 0 N–H and O–H groups in total. The summed E-state index contributed by atoms with van der Waals surface area (Å²) in [5.41, 5.74) is 7.87. The van der Waals surface area contributed by atoms with E-state index < -0.39 is 0 Å². The molecule has 0 amide bonds. The van der Waals surface area contributed by atoms with Crippen molar-refractivity contribution >= 4 is 0 Å². The Labute approximate surface area is 52.2 Å². The van der Waals surface area contributed by atoms with Crippen molar-refractivity contribution in [2.24, 2.45) is 5.11 Å². The van der Waals surface area contributed by atoms with E-state index in [9.17, 15) is 0 Å². The smallest absolute Gasteiger partial charge is 0.163 e. The first-order valence-electron chi connectivity index (χ1n) is 2.67. The molecule has 5 nitrogen and oxygen atoms in total. The van der Waals surface area contributed by atoms with E-state index in [0.717, 1.165) is 0 Å². The van der Waals surface area contributed by atoms with Gasteiger partial charge in [0.05, 0.1) is 19.8 Å². The molecule has 1 heterocycles. The molecule has 0 radical (unpaired) electrons. The molecule has 0 aromatic heterocycles. The van der Waals surface area contributed by atoms with Crippen LogP contribution in [0, 0.1) is 0 Å². The van der Waals surface area contributed by atoms with Gasteiger partial charge in [-0.1, -0.05) is 5.11 Å². The van der Waals surface area contributed by atoms with Crippen LogP contribution in [0.4, 0.5) is 0 Å². The molecule has 1 aliphatic rings. The average Bonchev–Trinajstić information content (AvgIpc) is 2.34. The Morgan fingerprint density at radius 1 is 1.56 bits per heavy atom. The Morgan fingerprint density at radius 2 is 2.22 bits per heavy atom. The Bertz CT molecular complexity index is 126. The second kappa shape index (κ2) is 3.29. The van der Waals surface area contributed by atoms with Gasteiger partial charge in [0.1, 0.15) is 0 Å². The maximum atomic E-state index is 7.87. The zero-order valence-corrected chi connectivity index (χ0v) is 4.86.